The van der Waals surface area contributed by atoms with Crippen LogP contribution in [0.1, 0.15) is 60.1 Å². The number of esters is 1. The van der Waals surface area contributed by atoms with Gasteiger partial charge in [-0.15, -0.1) is 0 Å². The van der Waals surface area contributed by atoms with Crippen LogP contribution in [0.15, 0.2) is 16.9 Å². The summed E-state index contributed by atoms with van der Waals surface area (Å²) in [6.45, 7) is 3.88. The minimum atomic E-state index is -1.86. The van der Waals surface area contributed by atoms with Crippen molar-refractivity contribution in [2.75, 3.05) is 0 Å². The number of halogens is 1. The number of ether oxygens (including phenoxy) is 1. The van der Waals surface area contributed by atoms with Crippen molar-refractivity contribution in [3.63, 3.8) is 0 Å². The third-order valence-electron chi connectivity index (χ3n) is 7.47. The van der Waals surface area contributed by atoms with Crippen LogP contribution in [-0.2, 0) is 47.5 Å². The predicted molar refractivity (Wildman–Crippen MR) is 116 cm³/mol. The van der Waals surface area contributed by atoms with Crippen molar-refractivity contribution in [1.82, 2.24) is 9.55 Å². The number of aliphatic hydroxyl groups is 1. The zero-order chi connectivity index (χ0) is 22.4. The molecule has 1 N–H and O–H groups in total. The maximum Gasteiger partial charge on any atom is 0.343 e. The zero-order valence-corrected chi connectivity index (χ0v) is 18.0. The molecule has 2 aromatic heterocycles. The summed E-state index contributed by atoms with van der Waals surface area (Å²) >= 11 is 0. The normalized spacial score (nSPS) is 20.7. The van der Waals surface area contributed by atoms with Gasteiger partial charge in [0.2, 0.25) is 0 Å². The van der Waals surface area contributed by atoms with E-state index in [2.05, 4.69) is 0 Å². The summed E-state index contributed by atoms with van der Waals surface area (Å²) in [7, 11) is 0. The molecular formula is C25H23FN2O4. The van der Waals surface area contributed by atoms with Gasteiger partial charge in [-0.25, -0.2) is 14.2 Å². The highest BCUT2D eigenvalue weighted by atomic mass is 19.1. The number of pyridine rings is 2. The number of benzene rings is 1. The van der Waals surface area contributed by atoms with Gasteiger partial charge in [-0.2, -0.15) is 0 Å². The molecule has 0 spiro atoms. The Morgan fingerprint density at radius 1 is 1.16 bits per heavy atom. The molecule has 0 radical (unpaired) electrons. The molecule has 3 aromatic rings. The second-order valence-electron chi connectivity index (χ2n) is 8.94. The van der Waals surface area contributed by atoms with Gasteiger partial charge < -0.3 is 14.4 Å². The summed E-state index contributed by atoms with van der Waals surface area (Å²) in [4.78, 5) is 30.6. The van der Waals surface area contributed by atoms with Gasteiger partial charge in [-0.3, -0.25) is 4.79 Å². The highest BCUT2D eigenvalue weighted by Crippen LogP contribution is 2.43. The number of fused-ring (bicyclic) bond motifs is 5. The lowest BCUT2D eigenvalue weighted by atomic mass is 9.83. The molecule has 0 amide bonds. The third-order valence-corrected chi connectivity index (χ3v) is 7.47. The van der Waals surface area contributed by atoms with Gasteiger partial charge in [0.25, 0.3) is 5.56 Å². The Balaban J connectivity index is 1.67. The SMILES string of the molecule is CCc1c(F)cc2nc3c(c4c2c1CCC4)Cn1c-3cc2c(c1=O)COC(=O)[C@]2(O)CC. The van der Waals surface area contributed by atoms with E-state index in [0.717, 1.165) is 46.9 Å². The number of nitrogens with zero attached hydrogens (tertiary/aromatic N) is 2. The van der Waals surface area contributed by atoms with Crippen LogP contribution >= 0.6 is 0 Å². The van der Waals surface area contributed by atoms with Gasteiger partial charge in [-0.05, 0) is 54.9 Å². The van der Waals surface area contributed by atoms with Crippen molar-refractivity contribution in [3.05, 3.63) is 61.7 Å². The highest BCUT2D eigenvalue weighted by Gasteiger charge is 2.45. The van der Waals surface area contributed by atoms with Crippen molar-refractivity contribution in [2.24, 2.45) is 0 Å². The largest absolute Gasteiger partial charge is 0.458 e. The van der Waals surface area contributed by atoms with E-state index in [-0.39, 0.29) is 24.4 Å². The minimum Gasteiger partial charge on any atom is -0.458 e. The average Bonchev–Trinajstić information content (AvgIpc) is 3.16. The molecule has 6 nitrogen and oxygen atoms in total. The number of hydrogen-bond donors (Lipinski definition) is 1. The molecule has 2 aliphatic heterocycles. The molecule has 164 valence electrons. The van der Waals surface area contributed by atoms with Crippen LogP contribution in [0.3, 0.4) is 0 Å². The fourth-order valence-corrected chi connectivity index (χ4v) is 5.80. The highest BCUT2D eigenvalue weighted by molar-refractivity contribution is 5.92. The van der Waals surface area contributed by atoms with Gasteiger partial charge >= 0.3 is 5.97 Å². The van der Waals surface area contributed by atoms with Crippen LogP contribution in [0.25, 0.3) is 22.3 Å². The van der Waals surface area contributed by atoms with Crippen LogP contribution in [0, 0.1) is 5.82 Å². The Kier molecular flexibility index (Phi) is 3.97. The summed E-state index contributed by atoms with van der Waals surface area (Å²) < 4.78 is 21.7. The van der Waals surface area contributed by atoms with Gasteiger partial charge in [0.1, 0.15) is 12.4 Å². The Labute approximate surface area is 183 Å². The lowest BCUT2D eigenvalue weighted by Gasteiger charge is -2.31. The number of rotatable bonds is 2. The average molecular weight is 434 g/mol. The van der Waals surface area contributed by atoms with E-state index in [0.29, 0.717) is 41.0 Å². The molecule has 1 atom stereocenters. The summed E-state index contributed by atoms with van der Waals surface area (Å²) in [6.07, 6.45) is 3.33. The molecule has 0 bridgehead atoms. The van der Waals surface area contributed by atoms with Crippen LogP contribution < -0.4 is 5.56 Å². The van der Waals surface area contributed by atoms with E-state index >= 15 is 0 Å². The van der Waals surface area contributed by atoms with Crippen molar-refractivity contribution >= 4 is 16.9 Å². The van der Waals surface area contributed by atoms with E-state index in [1.54, 1.807) is 17.6 Å². The molecule has 7 heteroatoms. The van der Waals surface area contributed by atoms with Crippen LogP contribution in [0.2, 0.25) is 0 Å². The number of carbonyl (C=O) groups is 1. The van der Waals surface area contributed by atoms with Gasteiger partial charge in [0, 0.05) is 22.6 Å². The van der Waals surface area contributed by atoms with E-state index < -0.39 is 11.6 Å². The van der Waals surface area contributed by atoms with Gasteiger partial charge in [-0.1, -0.05) is 13.8 Å². The van der Waals surface area contributed by atoms with Crippen molar-refractivity contribution in [3.8, 4) is 11.4 Å². The first-order valence-electron chi connectivity index (χ1n) is 11.2. The number of carbonyl (C=O) groups excluding carboxylic acids is 1. The van der Waals surface area contributed by atoms with E-state index in [4.69, 9.17) is 9.72 Å². The third kappa shape index (κ3) is 2.29. The first-order chi connectivity index (χ1) is 15.4. The Hall–Kier alpha value is -3.06. The second kappa shape index (κ2) is 6.48. The summed E-state index contributed by atoms with van der Waals surface area (Å²) in [5.74, 6) is -0.977. The fourth-order valence-electron chi connectivity index (χ4n) is 5.80. The Morgan fingerprint density at radius 2 is 1.94 bits per heavy atom. The maximum atomic E-state index is 14.9. The standard InChI is InChI=1S/C25H23FN2O4/c1-3-12-13-6-5-7-14-15-10-28-20(22(15)27-19(21(13)14)9-18(12)26)8-17-16(23(28)29)11-32-24(30)25(17,31)4-2/h8-9,31H,3-7,10-11H2,1-2H3/t25-/m0/s1. The molecular weight excluding hydrogens is 411 g/mol. The molecule has 0 saturated heterocycles. The van der Waals surface area contributed by atoms with Crippen molar-refractivity contribution < 1.29 is 19.0 Å². The summed E-state index contributed by atoms with van der Waals surface area (Å²) in [6, 6.07) is 3.21. The minimum absolute atomic E-state index is 0.0966. The molecule has 32 heavy (non-hydrogen) atoms. The van der Waals surface area contributed by atoms with E-state index in [9.17, 15) is 19.1 Å². The van der Waals surface area contributed by atoms with E-state index in [1.807, 2.05) is 6.92 Å². The number of hydrogen-bond acceptors (Lipinski definition) is 5. The topological polar surface area (TPSA) is 81.4 Å². The van der Waals surface area contributed by atoms with Gasteiger partial charge in [0.05, 0.1) is 29.0 Å². The smallest absolute Gasteiger partial charge is 0.343 e. The summed E-state index contributed by atoms with van der Waals surface area (Å²) in [5, 5.41) is 12.1. The van der Waals surface area contributed by atoms with Crippen LogP contribution in [-0.4, -0.2) is 20.6 Å². The predicted octanol–water partition coefficient (Wildman–Crippen LogP) is 3.27. The molecule has 4 heterocycles. The zero-order valence-electron chi connectivity index (χ0n) is 18.0. The molecule has 1 aliphatic carbocycles. The van der Waals surface area contributed by atoms with Crippen LogP contribution in [0.4, 0.5) is 4.39 Å². The van der Waals surface area contributed by atoms with Crippen molar-refractivity contribution in [1.29, 1.82) is 0 Å². The monoisotopic (exact) mass is 434 g/mol. The molecule has 3 aliphatic rings. The fraction of sp³-hybridized carbons (Fsp3) is 0.400. The number of aryl methyl sites for hydroxylation is 2. The van der Waals surface area contributed by atoms with E-state index in [1.165, 1.54) is 6.07 Å². The lowest BCUT2D eigenvalue weighted by Crippen LogP contribution is -2.44. The second-order valence-corrected chi connectivity index (χ2v) is 8.94. The quantitative estimate of drug-likeness (QED) is 0.490. The number of aromatic nitrogens is 2. The molecule has 1 aromatic carbocycles. The lowest BCUT2D eigenvalue weighted by molar-refractivity contribution is -0.172. The molecule has 6 rings (SSSR count). The Morgan fingerprint density at radius 3 is 2.69 bits per heavy atom. The first-order valence-corrected chi connectivity index (χ1v) is 11.2. The Bertz CT molecular complexity index is 1420. The van der Waals surface area contributed by atoms with Crippen LogP contribution in [0.5, 0.6) is 0 Å². The molecule has 0 saturated carbocycles. The molecule has 0 unspecified atom stereocenters. The molecule has 0 fully saturated rings. The van der Waals surface area contributed by atoms with Gasteiger partial charge in [0.15, 0.2) is 5.60 Å². The maximum absolute atomic E-state index is 14.9. The first kappa shape index (κ1) is 19.6. The van der Waals surface area contributed by atoms with Crippen molar-refractivity contribution in [2.45, 2.75) is 64.7 Å². The number of cyclic esters (lactones) is 1. The summed E-state index contributed by atoms with van der Waals surface area (Å²) in [5.41, 5.74) is 4.21.